The highest BCUT2D eigenvalue weighted by Crippen LogP contribution is 2.31. The molecule has 0 amide bonds. The summed E-state index contributed by atoms with van der Waals surface area (Å²) in [5.74, 6) is 1.11. The van der Waals surface area contributed by atoms with Gasteiger partial charge < -0.3 is 9.64 Å². The Labute approximate surface area is 187 Å². The van der Waals surface area contributed by atoms with Gasteiger partial charge in [-0.05, 0) is 18.6 Å². The van der Waals surface area contributed by atoms with E-state index in [0.29, 0.717) is 0 Å². The number of morpholine rings is 1. The van der Waals surface area contributed by atoms with Crippen LogP contribution >= 0.6 is 0 Å². The molecule has 0 aliphatic carbocycles. The molecule has 0 atom stereocenters. The minimum atomic E-state index is 0.742. The van der Waals surface area contributed by atoms with Crippen LogP contribution in [0, 0.1) is 6.92 Å². The Balaban J connectivity index is 1.42. The molecule has 2 aromatic heterocycles. The summed E-state index contributed by atoms with van der Waals surface area (Å²) in [7, 11) is 0. The number of fused-ring (bicyclic) bond motifs is 1. The fraction of sp³-hybridized carbons (Fsp3) is 0.185. The van der Waals surface area contributed by atoms with Crippen LogP contribution in [0.1, 0.15) is 11.1 Å². The number of aromatic nitrogens is 2. The first-order chi connectivity index (χ1) is 15.7. The van der Waals surface area contributed by atoms with E-state index in [4.69, 9.17) is 9.84 Å². The molecular weight excluding hydrogens is 396 g/mol. The molecule has 4 aromatic rings. The molecule has 0 radical (unpaired) electrons. The number of allylic oxidation sites excluding steroid dienone is 1. The first-order valence-electron chi connectivity index (χ1n) is 11.1. The standard InChI is InChI=1S/C27H25N4O/c1-20-7-9-22(10-8-20)26-16-25-15-24(30-18-23(19-30)21-5-3-2-4-6-21)17-27(31(25)28-26)29-11-13-32-14-12-29/h2-10,15-19H,11-14H2,1H3/q+1. The number of aryl methyl sites for hydroxylation is 1. The molecule has 5 nitrogen and oxygen atoms in total. The summed E-state index contributed by atoms with van der Waals surface area (Å²) in [5, 5.41) is 4.98. The van der Waals surface area contributed by atoms with E-state index < -0.39 is 0 Å². The van der Waals surface area contributed by atoms with Gasteiger partial charge in [-0.3, -0.25) is 0 Å². The van der Waals surface area contributed by atoms with Crippen molar-refractivity contribution in [1.29, 1.82) is 0 Å². The van der Waals surface area contributed by atoms with Crippen molar-refractivity contribution in [2.75, 3.05) is 31.2 Å². The third-order valence-corrected chi connectivity index (χ3v) is 6.17. The van der Waals surface area contributed by atoms with Crippen LogP contribution in [0.25, 0.3) is 22.3 Å². The summed E-state index contributed by atoms with van der Waals surface area (Å²) in [4.78, 5) is 2.37. The largest absolute Gasteiger partial charge is 0.378 e. The highest BCUT2D eigenvalue weighted by Gasteiger charge is 2.25. The van der Waals surface area contributed by atoms with Crippen molar-refractivity contribution < 1.29 is 9.31 Å². The summed E-state index contributed by atoms with van der Waals surface area (Å²) < 4.78 is 9.87. The third-order valence-electron chi connectivity index (χ3n) is 6.17. The van der Waals surface area contributed by atoms with E-state index in [1.165, 1.54) is 16.7 Å². The first-order valence-corrected chi connectivity index (χ1v) is 11.1. The van der Waals surface area contributed by atoms with E-state index in [9.17, 15) is 0 Å². The third kappa shape index (κ3) is 3.41. The monoisotopic (exact) mass is 421 g/mol. The highest BCUT2D eigenvalue weighted by atomic mass is 16.5. The molecule has 0 saturated carbocycles. The molecule has 0 unspecified atom stereocenters. The number of ether oxygens (including phenoxy) is 1. The van der Waals surface area contributed by atoms with Gasteiger partial charge in [0.1, 0.15) is 11.4 Å². The van der Waals surface area contributed by atoms with Gasteiger partial charge in [0.15, 0.2) is 12.4 Å². The Bertz CT molecular complexity index is 1340. The topological polar surface area (TPSA) is 32.8 Å². The van der Waals surface area contributed by atoms with Gasteiger partial charge in [0, 0.05) is 24.7 Å². The van der Waals surface area contributed by atoms with E-state index >= 15 is 0 Å². The maximum absolute atomic E-state index is 5.59. The molecule has 5 heteroatoms. The van der Waals surface area contributed by atoms with Crippen LogP contribution in [0.2, 0.25) is 0 Å². The number of hydrogen-bond acceptors (Lipinski definition) is 3. The summed E-state index contributed by atoms with van der Waals surface area (Å²) in [6.45, 7) is 5.33. The van der Waals surface area contributed by atoms with E-state index in [0.717, 1.165) is 54.6 Å². The maximum atomic E-state index is 5.59. The van der Waals surface area contributed by atoms with Crippen molar-refractivity contribution in [2.24, 2.45) is 0 Å². The minimum Gasteiger partial charge on any atom is -0.378 e. The second kappa shape index (κ2) is 7.77. The summed E-state index contributed by atoms with van der Waals surface area (Å²) >= 11 is 0. The average Bonchev–Trinajstić information content (AvgIpc) is 3.24. The van der Waals surface area contributed by atoms with Gasteiger partial charge >= 0.3 is 0 Å². The molecule has 1 fully saturated rings. The lowest BCUT2D eigenvalue weighted by atomic mass is 10.0. The molecule has 2 aliphatic rings. The second-order valence-corrected chi connectivity index (χ2v) is 8.39. The summed E-state index contributed by atoms with van der Waals surface area (Å²) in [6, 6.07) is 25.7. The zero-order chi connectivity index (χ0) is 21.5. The zero-order valence-corrected chi connectivity index (χ0v) is 18.1. The molecule has 1 saturated heterocycles. The van der Waals surface area contributed by atoms with Crippen LogP contribution in [0.5, 0.6) is 0 Å². The van der Waals surface area contributed by atoms with Crippen molar-refractivity contribution in [3.05, 3.63) is 90.1 Å². The number of anilines is 1. The predicted molar refractivity (Wildman–Crippen MR) is 129 cm³/mol. The fourth-order valence-corrected chi connectivity index (χ4v) is 4.32. The number of pyridine rings is 1. The van der Waals surface area contributed by atoms with E-state index in [1.54, 1.807) is 0 Å². The molecule has 158 valence electrons. The van der Waals surface area contributed by atoms with Gasteiger partial charge in [-0.1, -0.05) is 60.2 Å². The quantitative estimate of drug-likeness (QED) is 0.439. The Kier molecular flexibility index (Phi) is 4.62. The Morgan fingerprint density at radius 2 is 1.62 bits per heavy atom. The average molecular weight is 422 g/mol. The normalized spacial score (nSPS) is 16.0. The first kappa shape index (κ1) is 19.0. The van der Waals surface area contributed by atoms with Crippen molar-refractivity contribution in [2.45, 2.75) is 6.92 Å². The van der Waals surface area contributed by atoms with Crippen LogP contribution in [-0.2, 0) is 4.74 Å². The number of rotatable bonds is 4. The van der Waals surface area contributed by atoms with E-state index in [1.807, 2.05) is 6.07 Å². The smallest absolute Gasteiger partial charge is 0.216 e. The minimum absolute atomic E-state index is 0.742. The van der Waals surface area contributed by atoms with Crippen molar-refractivity contribution in [3.63, 3.8) is 0 Å². The fourth-order valence-electron chi connectivity index (χ4n) is 4.32. The van der Waals surface area contributed by atoms with Crippen LogP contribution in [0.15, 0.2) is 79.0 Å². The summed E-state index contributed by atoms with van der Waals surface area (Å²) in [6.07, 6.45) is 4.39. The summed E-state index contributed by atoms with van der Waals surface area (Å²) in [5.41, 5.74) is 8.10. The molecule has 0 bridgehead atoms. The Morgan fingerprint density at radius 1 is 0.875 bits per heavy atom. The van der Waals surface area contributed by atoms with Gasteiger partial charge in [0.25, 0.3) is 0 Å². The molecule has 32 heavy (non-hydrogen) atoms. The highest BCUT2D eigenvalue weighted by molar-refractivity contribution is 6.10. The van der Waals surface area contributed by atoms with Crippen LogP contribution in [0.4, 0.5) is 11.5 Å². The van der Waals surface area contributed by atoms with Crippen molar-refractivity contribution in [3.8, 4) is 11.3 Å². The Morgan fingerprint density at radius 3 is 2.38 bits per heavy atom. The van der Waals surface area contributed by atoms with Gasteiger partial charge in [-0.15, -0.1) is 0 Å². The second-order valence-electron chi connectivity index (χ2n) is 8.39. The molecule has 4 heterocycles. The molecule has 2 aromatic carbocycles. The Hall–Kier alpha value is -3.70. The number of hydrogen-bond donors (Lipinski definition) is 0. The number of nitrogens with zero attached hydrogens (tertiary/aromatic N) is 4. The zero-order valence-electron chi connectivity index (χ0n) is 18.1. The van der Waals surface area contributed by atoms with Gasteiger partial charge in [-0.25, -0.2) is 4.52 Å². The van der Waals surface area contributed by atoms with Crippen molar-refractivity contribution in [1.82, 2.24) is 9.61 Å². The van der Waals surface area contributed by atoms with Crippen LogP contribution in [-0.4, -0.2) is 46.7 Å². The molecular formula is C27H25N4O+. The van der Waals surface area contributed by atoms with Crippen LogP contribution in [0.3, 0.4) is 0 Å². The molecule has 0 spiro atoms. The maximum Gasteiger partial charge on any atom is 0.216 e. The van der Waals surface area contributed by atoms with Gasteiger partial charge in [-0.2, -0.15) is 9.67 Å². The predicted octanol–water partition coefficient (Wildman–Crippen LogP) is 4.92. The van der Waals surface area contributed by atoms with Gasteiger partial charge in [0.2, 0.25) is 5.69 Å². The SMILES string of the molecule is Cc1ccc(-c2cc3cc([N+]4=CC(c5ccccc5)=C4)cc(N4CCOCC4)n3n2)cc1. The number of benzene rings is 2. The van der Waals surface area contributed by atoms with Gasteiger partial charge in [0.05, 0.1) is 30.5 Å². The lowest BCUT2D eigenvalue weighted by Crippen LogP contribution is -2.37. The van der Waals surface area contributed by atoms with E-state index in [2.05, 4.69) is 100 Å². The lowest BCUT2D eigenvalue weighted by molar-refractivity contribution is -0.361. The van der Waals surface area contributed by atoms with Crippen molar-refractivity contribution >= 4 is 28.8 Å². The lowest BCUT2D eigenvalue weighted by Gasteiger charge is -2.29. The van der Waals surface area contributed by atoms with E-state index in [-0.39, 0.29) is 0 Å². The molecule has 0 N–H and O–H groups in total. The molecule has 2 aliphatic heterocycles. The molecule has 6 rings (SSSR count). The van der Waals surface area contributed by atoms with Crippen LogP contribution < -0.4 is 4.90 Å².